The summed E-state index contributed by atoms with van der Waals surface area (Å²) < 4.78 is 14.3. The molecule has 2 rings (SSSR count). The molecule has 0 aliphatic heterocycles. The second-order valence-corrected chi connectivity index (χ2v) is 6.54. The fraction of sp³-hybridized carbons (Fsp3) is 0.0625. The Bertz CT molecular complexity index is 820. The van der Waals surface area contributed by atoms with Crippen LogP contribution in [-0.4, -0.2) is 23.1 Å². The molecular formula is C16H12Br2FN3O3. The van der Waals surface area contributed by atoms with Gasteiger partial charge in [-0.05, 0) is 61.7 Å². The molecule has 0 bridgehead atoms. The minimum absolute atomic E-state index is 0.00240. The zero-order valence-electron chi connectivity index (χ0n) is 12.6. The van der Waals surface area contributed by atoms with Gasteiger partial charge in [-0.2, -0.15) is 5.10 Å². The Balaban J connectivity index is 1.88. The van der Waals surface area contributed by atoms with E-state index in [4.69, 9.17) is 0 Å². The number of hydrogen-bond donors (Lipinski definition) is 3. The monoisotopic (exact) mass is 471 g/mol. The fourth-order valence-corrected chi connectivity index (χ4v) is 3.00. The van der Waals surface area contributed by atoms with Gasteiger partial charge in [-0.3, -0.25) is 9.59 Å². The maximum atomic E-state index is 13.4. The maximum Gasteiger partial charge on any atom is 0.249 e. The summed E-state index contributed by atoms with van der Waals surface area (Å²) in [6.07, 6.45) is 0.844. The van der Waals surface area contributed by atoms with Crippen molar-refractivity contribution in [3.63, 3.8) is 0 Å². The number of halogens is 3. The number of nitrogens with zero attached hydrogens (tertiary/aromatic N) is 1. The van der Waals surface area contributed by atoms with Gasteiger partial charge in [0.25, 0.3) is 0 Å². The summed E-state index contributed by atoms with van der Waals surface area (Å²) in [5, 5.41) is 15.6. The van der Waals surface area contributed by atoms with Crippen LogP contribution in [0, 0.1) is 5.82 Å². The zero-order valence-corrected chi connectivity index (χ0v) is 15.8. The third kappa shape index (κ3) is 5.64. The molecule has 0 saturated heterocycles. The number of hydrogen-bond acceptors (Lipinski definition) is 4. The summed E-state index contributed by atoms with van der Waals surface area (Å²) >= 11 is 6.35. The molecule has 0 heterocycles. The van der Waals surface area contributed by atoms with Gasteiger partial charge in [0.1, 0.15) is 18.0 Å². The lowest BCUT2D eigenvalue weighted by atomic mass is 10.2. The zero-order chi connectivity index (χ0) is 18.4. The van der Waals surface area contributed by atoms with Gasteiger partial charge in [-0.15, -0.1) is 0 Å². The van der Waals surface area contributed by atoms with Crippen LogP contribution in [0.2, 0.25) is 0 Å². The number of amides is 2. The van der Waals surface area contributed by atoms with Crippen molar-refractivity contribution in [1.82, 2.24) is 5.43 Å². The van der Waals surface area contributed by atoms with Crippen LogP contribution in [0.15, 0.2) is 50.4 Å². The summed E-state index contributed by atoms with van der Waals surface area (Å²) in [5.74, 6) is -1.85. The van der Waals surface area contributed by atoms with Gasteiger partial charge in [-0.1, -0.05) is 12.1 Å². The molecule has 0 saturated carbocycles. The first-order valence-corrected chi connectivity index (χ1v) is 8.49. The molecule has 0 aliphatic carbocycles. The summed E-state index contributed by atoms with van der Waals surface area (Å²) in [6, 6.07) is 8.85. The van der Waals surface area contributed by atoms with Gasteiger partial charge in [0, 0.05) is 0 Å². The SMILES string of the molecule is O=C(CC(=O)Nc1ccccc1F)N/N=C/c1cc(Br)c(O)c(Br)c1. The lowest BCUT2D eigenvalue weighted by molar-refractivity contribution is -0.126. The minimum atomic E-state index is -0.659. The minimum Gasteiger partial charge on any atom is -0.506 e. The molecular weight excluding hydrogens is 461 g/mol. The van der Waals surface area contributed by atoms with E-state index in [1.54, 1.807) is 18.2 Å². The lowest BCUT2D eigenvalue weighted by Crippen LogP contribution is -2.24. The molecule has 3 N–H and O–H groups in total. The van der Waals surface area contributed by atoms with Crippen LogP contribution < -0.4 is 10.7 Å². The van der Waals surface area contributed by atoms with Crippen LogP contribution in [0.1, 0.15) is 12.0 Å². The van der Waals surface area contributed by atoms with Gasteiger partial charge in [0.2, 0.25) is 11.8 Å². The predicted molar refractivity (Wildman–Crippen MR) is 98.9 cm³/mol. The van der Waals surface area contributed by atoms with E-state index in [-0.39, 0.29) is 11.4 Å². The first kappa shape index (κ1) is 19.1. The number of aromatic hydroxyl groups is 1. The Kier molecular flexibility index (Phi) is 6.65. The molecule has 0 atom stereocenters. The highest BCUT2D eigenvalue weighted by atomic mass is 79.9. The molecule has 6 nitrogen and oxygen atoms in total. The lowest BCUT2D eigenvalue weighted by Gasteiger charge is -2.05. The molecule has 130 valence electrons. The third-order valence-corrected chi connectivity index (χ3v) is 4.12. The van der Waals surface area contributed by atoms with Crippen molar-refractivity contribution in [1.29, 1.82) is 0 Å². The first-order valence-electron chi connectivity index (χ1n) is 6.91. The Labute approximate surface area is 159 Å². The number of phenolic OH excluding ortho intramolecular Hbond substituents is 1. The number of carbonyl (C=O) groups excluding carboxylic acids is 2. The van der Waals surface area contributed by atoms with Crippen molar-refractivity contribution in [2.75, 3.05) is 5.32 Å². The Hall–Kier alpha value is -2.26. The number of nitrogens with one attached hydrogen (secondary N) is 2. The largest absolute Gasteiger partial charge is 0.506 e. The van der Waals surface area contributed by atoms with Gasteiger partial charge in [-0.25, -0.2) is 9.82 Å². The van der Waals surface area contributed by atoms with Crippen LogP contribution in [0.4, 0.5) is 10.1 Å². The van der Waals surface area contributed by atoms with Gasteiger partial charge in [0.15, 0.2) is 0 Å². The van der Waals surface area contributed by atoms with Crippen molar-refractivity contribution >= 4 is 55.6 Å². The summed E-state index contributed by atoms with van der Waals surface area (Å²) in [4.78, 5) is 23.4. The molecule has 0 spiro atoms. The van der Waals surface area contributed by atoms with Gasteiger partial charge < -0.3 is 10.4 Å². The molecule has 2 amide bonds. The quantitative estimate of drug-likeness (QED) is 0.353. The van der Waals surface area contributed by atoms with Gasteiger partial charge >= 0.3 is 0 Å². The molecule has 25 heavy (non-hydrogen) atoms. The van der Waals surface area contributed by atoms with Crippen LogP contribution in [-0.2, 0) is 9.59 Å². The van der Waals surface area contributed by atoms with E-state index in [2.05, 4.69) is 47.7 Å². The van der Waals surface area contributed by atoms with E-state index in [0.717, 1.165) is 0 Å². The van der Waals surface area contributed by atoms with Crippen LogP contribution in [0.5, 0.6) is 5.75 Å². The average molecular weight is 473 g/mol. The number of carbonyl (C=O) groups is 2. The highest BCUT2D eigenvalue weighted by Crippen LogP contribution is 2.32. The van der Waals surface area contributed by atoms with E-state index < -0.39 is 24.1 Å². The van der Waals surface area contributed by atoms with E-state index >= 15 is 0 Å². The van der Waals surface area contributed by atoms with Crippen molar-refractivity contribution in [3.8, 4) is 5.75 Å². The summed E-state index contributed by atoms with van der Waals surface area (Å²) in [7, 11) is 0. The van der Waals surface area contributed by atoms with Crippen LogP contribution >= 0.6 is 31.9 Å². The highest BCUT2D eigenvalue weighted by molar-refractivity contribution is 9.11. The Morgan fingerprint density at radius 1 is 1.16 bits per heavy atom. The number of benzene rings is 2. The number of hydrazone groups is 1. The fourth-order valence-electron chi connectivity index (χ4n) is 1.78. The molecule has 0 aromatic heterocycles. The second kappa shape index (κ2) is 8.72. The molecule has 2 aromatic rings. The maximum absolute atomic E-state index is 13.4. The van der Waals surface area contributed by atoms with Crippen molar-refractivity contribution in [2.45, 2.75) is 6.42 Å². The highest BCUT2D eigenvalue weighted by Gasteiger charge is 2.11. The van der Waals surface area contributed by atoms with E-state index in [1.165, 1.54) is 24.4 Å². The molecule has 0 aliphatic rings. The van der Waals surface area contributed by atoms with Crippen molar-refractivity contribution in [3.05, 3.63) is 56.7 Å². The van der Waals surface area contributed by atoms with Crippen molar-refractivity contribution in [2.24, 2.45) is 5.10 Å². The molecule has 0 unspecified atom stereocenters. The van der Waals surface area contributed by atoms with Crippen LogP contribution in [0.25, 0.3) is 0 Å². The third-order valence-electron chi connectivity index (χ3n) is 2.91. The topological polar surface area (TPSA) is 90.8 Å². The standard InChI is InChI=1S/C16H12Br2FN3O3/c17-10-5-9(6-11(18)16(10)25)8-20-22-15(24)7-14(23)21-13-4-2-1-3-12(13)19/h1-6,8,25H,7H2,(H,21,23)(H,22,24)/b20-8+. The predicted octanol–water partition coefficient (Wildman–Crippen LogP) is 3.54. The molecule has 0 fully saturated rings. The first-order chi connectivity index (χ1) is 11.9. The molecule has 2 aromatic carbocycles. The van der Waals surface area contributed by atoms with Crippen LogP contribution in [0.3, 0.4) is 0 Å². The molecule has 9 heteroatoms. The number of anilines is 1. The van der Waals surface area contributed by atoms with E-state index in [1.807, 2.05) is 0 Å². The summed E-state index contributed by atoms with van der Waals surface area (Å²) in [6.45, 7) is 0. The number of para-hydroxylation sites is 1. The molecule has 0 radical (unpaired) electrons. The Morgan fingerprint density at radius 2 is 1.80 bits per heavy atom. The van der Waals surface area contributed by atoms with E-state index in [9.17, 15) is 19.1 Å². The normalized spacial score (nSPS) is 10.7. The average Bonchev–Trinajstić information content (AvgIpc) is 2.54. The smallest absolute Gasteiger partial charge is 0.249 e. The summed E-state index contributed by atoms with van der Waals surface area (Å²) in [5.41, 5.74) is 2.81. The van der Waals surface area contributed by atoms with Crippen molar-refractivity contribution < 1.29 is 19.1 Å². The Morgan fingerprint density at radius 3 is 2.44 bits per heavy atom. The number of phenols is 1. The second-order valence-electron chi connectivity index (χ2n) is 4.83. The van der Waals surface area contributed by atoms with E-state index in [0.29, 0.717) is 14.5 Å². The number of rotatable bonds is 5. The van der Waals surface area contributed by atoms with Gasteiger partial charge in [0.05, 0.1) is 20.8 Å².